The number of nitrogens with two attached hydrogens (primary N) is 1. The minimum Gasteiger partial charge on any atom is -0.334 e. The summed E-state index contributed by atoms with van der Waals surface area (Å²) in [5.74, 6) is -0.396. The molecule has 0 radical (unpaired) electrons. The fourth-order valence-electron chi connectivity index (χ4n) is 2.01. The number of hydrogen-bond donors (Lipinski definition) is 3. The van der Waals surface area contributed by atoms with Crippen LogP contribution in [0.4, 0.5) is 14.9 Å². The normalized spacial score (nSPS) is 11.7. The van der Waals surface area contributed by atoms with E-state index in [4.69, 9.17) is 5.73 Å². The van der Waals surface area contributed by atoms with Crippen LogP contribution in [-0.2, 0) is 6.42 Å². The smallest absolute Gasteiger partial charge is 0.319 e. The molecule has 0 aliphatic carbocycles. The number of halogens is 1. The second-order valence-corrected chi connectivity index (χ2v) is 4.73. The quantitative estimate of drug-likeness (QED) is 0.791. The number of carbonyl (C=O) groups excluding carboxylic acids is 1. The molecule has 21 heavy (non-hydrogen) atoms. The molecule has 0 saturated heterocycles. The number of rotatable bonds is 5. The molecule has 2 rings (SSSR count). The highest BCUT2D eigenvalue weighted by atomic mass is 19.1. The molecule has 1 unspecified atom stereocenters. The Labute approximate surface area is 123 Å². The molecule has 0 fully saturated rings. The molecule has 0 bridgehead atoms. The van der Waals surface area contributed by atoms with Crippen LogP contribution in [0.5, 0.6) is 0 Å². The summed E-state index contributed by atoms with van der Waals surface area (Å²) in [6.45, 7) is 0.325. The first kappa shape index (κ1) is 15.0. The molecule has 0 aromatic heterocycles. The van der Waals surface area contributed by atoms with Gasteiger partial charge in [-0.3, -0.25) is 0 Å². The number of urea groups is 1. The third-order valence-electron chi connectivity index (χ3n) is 3.03. The van der Waals surface area contributed by atoms with Crippen LogP contribution in [0, 0.1) is 5.82 Å². The van der Waals surface area contributed by atoms with Crippen molar-refractivity contribution in [3.05, 3.63) is 66.0 Å². The van der Waals surface area contributed by atoms with Gasteiger partial charge in [-0.2, -0.15) is 0 Å². The Morgan fingerprint density at radius 1 is 1.14 bits per heavy atom. The fraction of sp³-hybridized carbons (Fsp3) is 0.188. The van der Waals surface area contributed by atoms with Gasteiger partial charge < -0.3 is 16.4 Å². The SMILES string of the molecule is NCC(Cc1ccccc1)NC(=O)Nc1cccc(F)c1. The van der Waals surface area contributed by atoms with E-state index in [1.807, 2.05) is 30.3 Å². The van der Waals surface area contributed by atoms with E-state index in [0.717, 1.165) is 5.56 Å². The average molecular weight is 287 g/mol. The van der Waals surface area contributed by atoms with Crippen molar-refractivity contribution in [3.8, 4) is 0 Å². The van der Waals surface area contributed by atoms with E-state index in [0.29, 0.717) is 18.7 Å². The first-order valence-electron chi connectivity index (χ1n) is 6.74. The Hall–Kier alpha value is -2.40. The molecule has 5 heteroatoms. The zero-order valence-corrected chi connectivity index (χ0v) is 11.6. The monoisotopic (exact) mass is 287 g/mol. The lowest BCUT2D eigenvalue weighted by molar-refractivity contribution is 0.248. The molecule has 0 saturated carbocycles. The highest BCUT2D eigenvalue weighted by molar-refractivity contribution is 5.89. The van der Waals surface area contributed by atoms with Crippen LogP contribution in [-0.4, -0.2) is 18.6 Å². The van der Waals surface area contributed by atoms with Gasteiger partial charge in [-0.15, -0.1) is 0 Å². The van der Waals surface area contributed by atoms with E-state index in [9.17, 15) is 9.18 Å². The second kappa shape index (κ2) is 7.40. The van der Waals surface area contributed by atoms with Crippen molar-refractivity contribution in [2.75, 3.05) is 11.9 Å². The minimum absolute atomic E-state index is 0.180. The number of carbonyl (C=O) groups is 1. The van der Waals surface area contributed by atoms with Gasteiger partial charge in [-0.1, -0.05) is 36.4 Å². The number of anilines is 1. The van der Waals surface area contributed by atoms with Gasteiger partial charge in [0.1, 0.15) is 5.82 Å². The third kappa shape index (κ3) is 4.89. The Kier molecular flexibility index (Phi) is 5.29. The number of amides is 2. The molecule has 0 aliphatic rings. The van der Waals surface area contributed by atoms with Crippen molar-refractivity contribution in [2.24, 2.45) is 5.73 Å². The summed E-state index contributed by atoms with van der Waals surface area (Å²) < 4.78 is 13.0. The van der Waals surface area contributed by atoms with Gasteiger partial charge in [0, 0.05) is 18.3 Å². The summed E-state index contributed by atoms with van der Waals surface area (Å²) in [6, 6.07) is 14.9. The molecule has 110 valence electrons. The number of hydrogen-bond acceptors (Lipinski definition) is 2. The maximum Gasteiger partial charge on any atom is 0.319 e. The van der Waals surface area contributed by atoms with Gasteiger partial charge in [-0.05, 0) is 30.2 Å². The lowest BCUT2D eigenvalue weighted by Gasteiger charge is -2.17. The van der Waals surface area contributed by atoms with E-state index >= 15 is 0 Å². The highest BCUT2D eigenvalue weighted by Gasteiger charge is 2.11. The Morgan fingerprint density at radius 3 is 2.57 bits per heavy atom. The topological polar surface area (TPSA) is 67.1 Å². The third-order valence-corrected chi connectivity index (χ3v) is 3.03. The van der Waals surface area contributed by atoms with Gasteiger partial charge in [-0.25, -0.2) is 9.18 Å². The summed E-state index contributed by atoms with van der Waals surface area (Å²) in [4.78, 5) is 11.9. The first-order valence-corrected chi connectivity index (χ1v) is 6.74. The lowest BCUT2D eigenvalue weighted by Crippen LogP contribution is -2.43. The summed E-state index contributed by atoms with van der Waals surface area (Å²) in [7, 11) is 0. The largest absolute Gasteiger partial charge is 0.334 e. The van der Waals surface area contributed by atoms with Crippen LogP contribution in [0.3, 0.4) is 0 Å². The Balaban J connectivity index is 1.90. The van der Waals surface area contributed by atoms with Crippen molar-refractivity contribution >= 4 is 11.7 Å². The minimum atomic E-state index is -0.396. The van der Waals surface area contributed by atoms with E-state index in [1.165, 1.54) is 18.2 Å². The van der Waals surface area contributed by atoms with E-state index in [2.05, 4.69) is 10.6 Å². The molecule has 0 spiro atoms. The Bertz CT molecular complexity index is 589. The fourth-order valence-corrected chi connectivity index (χ4v) is 2.01. The summed E-state index contributed by atoms with van der Waals surface area (Å²) in [5.41, 5.74) is 7.19. The molecule has 4 N–H and O–H groups in total. The van der Waals surface area contributed by atoms with Crippen LogP contribution >= 0.6 is 0 Å². The van der Waals surface area contributed by atoms with E-state index in [-0.39, 0.29) is 6.04 Å². The van der Waals surface area contributed by atoms with Crippen molar-refractivity contribution < 1.29 is 9.18 Å². The molecule has 2 aromatic carbocycles. The van der Waals surface area contributed by atoms with Crippen LogP contribution in [0.2, 0.25) is 0 Å². The van der Waals surface area contributed by atoms with Gasteiger partial charge in [0.15, 0.2) is 0 Å². The predicted molar refractivity (Wildman–Crippen MR) is 81.5 cm³/mol. The first-order chi connectivity index (χ1) is 10.2. The highest BCUT2D eigenvalue weighted by Crippen LogP contribution is 2.09. The summed E-state index contributed by atoms with van der Waals surface area (Å²) in [5, 5.41) is 5.37. The zero-order valence-electron chi connectivity index (χ0n) is 11.6. The molecule has 2 aromatic rings. The molecule has 0 aliphatic heterocycles. The van der Waals surface area contributed by atoms with Crippen molar-refractivity contribution in [1.29, 1.82) is 0 Å². The summed E-state index contributed by atoms with van der Waals surface area (Å²) in [6.07, 6.45) is 0.647. The molecule has 1 atom stereocenters. The van der Waals surface area contributed by atoms with Crippen molar-refractivity contribution in [1.82, 2.24) is 5.32 Å². The molecular weight excluding hydrogens is 269 g/mol. The van der Waals surface area contributed by atoms with Crippen LogP contribution in [0.15, 0.2) is 54.6 Å². The predicted octanol–water partition coefficient (Wildman–Crippen LogP) is 2.52. The van der Waals surface area contributed by atoms with Gasteiger partial charge in [0.05, 0.1) is 0 Å². The van der Waals surface area contributed by atoms with E-state index < -0.39 is 11.8 Å². The molecular formula is C16H18FN3O. The van der Waals surface area contributed by atoms with Gasteiger partial charge in [0.25, 0.3) is 0 Å². The zero-order chi connectivity index (χ0) is 15.1. The number of nitrogens with one attached hydrogen (secondary N) is 2. The van der Waals surface area contributed by atoms with Crippen molar-refractivity contribution in [3.63, 3.8) is 0 Å². The van der Waals surface area contributed by atoms with Gasteiger partial charge >= 0.3 is 6.03 Å². The van der Waals surface area contributed by atoms with Crippen molar-refractivity contribution in [2.45, 2.75) is 12.5 Å². The van der Waals surface area contributed by atoms with Crippen LogP contribution < -0.4 is 16.4 Å². The van der Waals surface area contributed by atoms with Gasteiger partial charge in [0.2, 0.25) is 0 Å². The van der Waals surface area contributed by atoms with Crippen LogP contribution in [0.1, 0.15) is 5.56 Å². The van der Waals surface area contributed by atoms with E-state index in [1.54, 1.807) is 6.07 Å². The Morgan fingerprint density at radius 2 is 1.90 bits per heavy atom. The average Bonchev–Trinajstić information content (AvgIpc) is 2.47. The molecule has 4 nitrogen and oxygen atoms in total. The standard InChI is InChI=1S/C16H18FN3O/c17-13-7-4-8-14(10-13)19-16(21)20-15(11-18)9-12-5-2-1-3-6-12/h1-8,10,15H,9,11,18H2,(H2,19,20,21). The summed E-state index contributed by atoms with van der Waals surface area (Å²) >= 11 is 0. The second-order valence-electron chi connectivity index (χ2n) is 4.73. The lowest BCUT2D eigenvalue weighted by atomic mass is 10.1. The number of benzene rings is 2. The maximum absolute atomic E-state index is 13.0. The maximum atomic E-state index is 13.0. The molecule has 2 amide bonds. The van der Waals surface area contributed by atoms with Crippen LogP contribution in [0.25, 0.3) is 0 Å². The molecule has 0 heterocycles.